The van der Waals surface area contributed by atoms with Crippen LogP contribution in [-0.4, -0.2) is 29.9 Å². The SMILES string of the molecule is CC1CC(C)(C)c2cccc(NC(=O)[C@]3(C(F)F)C=CN(C)N3)c21. The molecule has 24 heavy (non-hydrogen) atoms. The summed E-state index contributed by atoms with van der Waals surface area (Å²) in [5.41, 5.74) is 3.37. The van der Waals surface area contributed by atoms with Gasteiger partial charge in [0, 0.05) is 18.9 Å². The van der Waals surface area contributed by atoms with Crippen LogP contribution in [0.4, 0.5) is 14.5 Å². The second kappa shape index (κ2) is 5.55. The lowest BCUT2D eigenvalue weighted by molar-refractivity contribution is -0.127. The first-order valence-corrected chi connectivity index (χ1v) is 8.10. The van der Waals surface area contributed by atoms with Gasteiger partial charge in [0.15, 0.2) is 5.54 Å². The normalized spacial score (nSPS) is 27.6. The van der Waals surface area contributed by atoms with E-state index in [0.717, 1.165) is 12.0 Å². The fourth-order valence-electron chi connectivity index (χ4n) is 3.94. The van der Waals surface area contributed by atoms with Gasteiger partial charge in [0.2, 0.25) is 0 Å². The van der Waals surface area contributed by atoms with E-state index in [9.17, 15) is 13.6 Å². The van der Waals surface area contributed by atoms with E-state index in [1.54, 1.807) is 13.1 Å². The van der Waals surface area contributed by atoms with Gasteiger partial charge in [-0.15, -0.1) is 0 Å². The third-order valence-electron chi connectivity index (χ3n) is 5.04. The molecule has 0 saturated heterocycles. The number of anilines is 1. The van der Waals surface area contributed by atoms with Crippen LogP contribution in [0.3, 0.4) is 0 Å². The van der Waals surface area contributed by atoms with Gasteiger partial charge in [-0.3, -0.25) is 4.79 Å². The molecular weight excluding hydrogens is 312 g/mol. The summed E-state index contributed by atoms with van der Waals surface area (Å²) in [5, 5.41) is 4.10. The Bertz CT molecular complexity index is 702. The Morgan fingerprint density at radius 2 is 2.12 bits per heavy atom. The molecule has 3 rings (SSSR count). The number of hydrogen-bond acceptors (Lipinski definition) is 3. The third kappa shape index (κ3) is 2.49. The zero-order chi connectivity index (χ0) is 17.7. The summed E-state index contributed by atoms with van der Waals surface area (Å²) < 4.78 is 27.2. The minimum absolute atomic E-state index is 0.0155. The fraction of sp³-hybridized carbons (Fsp3) is 0.500. The van der Waals surface area contributed by atoms with Crippen LogP contribution in [0.25, 0.3) is 0 Å². The van der Waals surface area contributed by atoms with E-state index < -0.39 is 17.9 Å². The largest absolute Gasteiger partial charge is 0.324 e. The minimum atomic E-state index is -2.86. The highest BCUT2D eigenvalue weighted by molar-refractivity contribution is 6.01. The molecule has 1 amide bonds. The van der Waals surface area contributed by atoms with Gasteiger partial charge in [-0.2, -0.15) is 0 Å². The number of benzene rings is 1. The van der Waals surface area contributed by atoms with Crippen molar-refractivity contribution in [3.63, 3.8) is 0 Å². The number of rotatable bonds is 3. The van der Waals surface area contributed by atoms with Crippen LogP contribution >= 0.6 is 0 Å². The lowest BCUT2D eigenvalue weighted by atomic mass is 9.86. The van der Waals surface area contributed by atoms with Crippen molar-refractivity contribution < 1.29 is 13.6 Å². The molecule has 1 aromatic rings. The Balaban J connectivity index is 1.94. The van der Waals surface area contributed by atoms with Crippen molar-refractivity contribution in [3.8, 4) is 0 Å². The van der Waals surface area contributed by atoms with Crippen molar-refractivity contribution >= 4 is 11.6 Å². The van der Waals surface area contributed by atoms with Crippen LogP contribution in [0.15, 0.2) is 30.5 Å². The molecule has 1 unspecified atom stereocenters. The highest BCUT2D eigenvalue weighted by Gasteiger charge is 2.49. The standard InChI is InChI=1S/C18H23F2N3O/c1-11-10-17(2,3)12-6-5-7-13(14(11)12)21-16(24)18(15(19)20)8-9-23(4)22-18/h5-9,11,15,22H,10H2,1-4H3,(H,21,24)/t11?,18-/m1/s1. The van der Waals surface area contributed by atoms with Crippen molar-refractivity contribution in [2.24, 2.45) is 0 Å². The maximum atomic E-state index is 13.6. The predicted molar refractivity (Wildman–Crippen MR) is 89.9 cm³/mol. The van der Waals surface area contributed by atoms with Crippen molar-refractivity contribution in [1.29, 1.82) is 0 Å². The molecule has 1 aliphatic heterocycles. The molecule has 130 valence electrons. The van der Waals surface area contributed by atoms with E-state index in [2.05, 4.69) is 37.6 Å². The molecule has 0 spiro atoms. The molecule has 6 heteroatoms. The van der Waals surface area contributed by atoms with Crippen molar-refractivity contribution in [1.82, 2.24) is 10.4 Å². The maximum Gasteiger partial charge on any atom is 0.270 e. The average Bonchev–Trinajstić information content (AvgIpc) is 2.99. The van der Waals surface area contributed by atoms with Crippen LogP contribution < -0.4 is 10.7 Å². The Morgan fingerprint density at radius 1 is 1.42 bits per heavy atom. The highest BCUT2D eigenvalue weighted by atomic mass is 19.3. The molecule has 0 fully saturated rings. The summed E-state index contributed by atoms with van der Waals surface area (Å²) in [6, 6.07) is 5.71. The fourth-order valence-corrected chi connectivity index (χ4v) is 3.94. The molecular formula is C18H23F2N3O. The van der Waals surface area contributed by atoms with Gasteiger partial charge in [-0.1, -0.05) is 32.9 Å². The number of hydrogen-bond donors (Lipinski definition) is 2. The van der Waals surface area contributed by atoms with Crippen molar-refractivity contribution in [3.05, 3.63) is 41.6 Å². The number of fused-ring (bicyclic) bond motifs is 1. The zero-order valence-corrected chi connectivity index (χ0v) is 14.4. The minimum Gasteiger partial charge on any atom is -0.324 e. The Morgan fingerprint density at radius 3 is 2.71 bits per heavy atom. The molecule has 0 radical (unpaired) electrons. The van der Waals surface area contributed by atoms with E-state index in [1.165, 1.54) is 22.8 Å². The maximum absolute atomic E-state index is 13.6. The van der Waals surface area contributed by atoms with Crippen molar-refractivity contribution in [2.45, 2.75) is 50.5 Å². The number of carbonyl (C=O) groups is 1. The van der Waals surface area contributed by atoms with E-state index in [1.807, 2.05) is 6.07 Å². The van der Waals surface area contributed by atoms with Crippen LogP contribution in [-0.2, 0) is 10.2 Å². The Kier molecular flexibility index (Phi) is 3.91. The monoisotopic (exact) mass is 335 g/mol. The smallest absolute Gasteiger partial charge is 0.270 e. The van der Waals surface area contributed by atoms with Crippen LogP contribution in [0.5, 0.6) is 0 Å². The number of halogens is 2. The number of carbonyl (C=O) groups excluding carboxylic acids is 1. The third-order valence-corrected chi connectivity index (χ3v) is 5.04. The molecule has 4 nitrogen and oxygen atoms in total. The molecule has 2 aliphatic rings. The van der Waals surface area contributed by atoms with Crippen molar-refractivity contribution in [2.75, 3.05) is 12.4 Å². The molecule has 1 heterocycles. The van der Waals surface area contributed by atoms with Gasteiger partial charge in [0.1, 0.15) is 0 Å². The molecule has 0 saturated carbocycles. The van der Waals surface area contributed by atoms with E-state index in [0.29, 0.717) is 5.69 Å². The molecule has 1 aromatic carbocycles. The lowest BCUT2D eigenvalue weighted by Gasteiger charge is -2.28. The van der Waals surface area contributed by atoms with E-state index in [-0.39, 0.29) is 11.3 Å². The van der Waals surface area contributed by atoms with Gasteiger partial charge in [0.25, 0.3) is 12.3 Å². The number of nitrogens with zero attached hydrogens (tertiary/aromatic N) is 1. The number of amides is 1. The van der Waals surface area contributed by atoms with Crippen LogP contribution in [0.2, 0.25) is 0 Å². The number of nitrogens with one attached hydrogen (secondary N) is 2. The van der Waals surface area contributed by atoms with Gasteiger partial charge in [-0.25, -0.2) is 14.2 Å². The summed E-state index contributed by atoms with van der Waals surface area (Å²) in [5.74, 6) is -0.479. The lowest BCUT2D eigenvalue weighted by Crippen LogP contribution is -2.58. The second-order valence-electron chi connectivity index (χ2n) is 7.42. The molecule has 2 atom stereocenters. The second-order valence-corrected chi connectivity index (χ2v) is 7.42. The van der Waals surface area contributed by atoms with Crippen LogP contribution in [0, 0.1) is 0 Å². The summed E-state index contributed by atoms with van der Waals surface area (Å²) >= 11 is 0. The highest BCUT2D eigenvalue weighted by Crippen LogP contribution is 2.48. The van der Waals surface area contributed by atoms with Gasteiger partial charge < -0.3 is 10.3 Å². The summed E-state index contributed by atoms with van der Waals surface area (Å²) in [6.07, 6.45) is 0.760. The summed E-state index contributed by atoms with van der Waals surface area (Å²) in [7, 11) is 1.58. The Labute approximate surface area is 140 Å². The van der Waals surface area contributed by atoms with Crippen LogP contribution in [0.1, 0.15) is 44.2 Å². The van der Waals surface area contributed by atoms with E-state index >= 15 is 0 Å². The number of hydrazine groups is 1. The van der Waals surface area contributed by atoms with Gasteiger partial charge >= 0.3 is 0 Å². The quantitative estimate of drug-likeness (QED) is 0.890. The number of alkyl halides is 2. The molecule has 2 N–H and O–H groups in total. The topological polar surface area (TPSA) is 44.4 Å². The Hall–Kier alpha value is -1.95. The molecule has 0 bridgehead atoms. The molecule has 0 aromatic heterocycles. The first kappa shape index (κ1) is 16.9. The average molecular weight is 335 g/mol. The molecule has 1 aliphatic carbocycles. The van der Waals surface area contributed by atoms with E-state index in [4.69, 9.17) is 0 Å². The summed E-state index contributed by atoms with van der Waals surface area (Å²) in [4.78, 5) is 12.7. The first-order valence-electron chi connectivity index (χ1n) is 8.10. The first-order chi connectivity index (χ1) is 11.2. The zero-order valence-electron chi connectivity index (χ0n) is 14.4. The van der Waals surface area contributed by atoms with Gasteiger partial charge in [-0.05, 0) is 41.0 Å². The summed E-state index contributed by atoms with van der Waals surface area (Å²) in [6.45, 7) is 6.43. The van der Waals surface area contributed by atoms with Gasteiger partial charge in [0.05, 0.1) is 0 Å². The predicted octanol–water partition coefficient (Wildman–Crippen LogP) is 3.38.